The highest BCUT2D eigenvalue weighted by Gasteiger charge is 2.45. The van der Waals surface area contributed by atoms with Crippen molar-refractivity contribution in [2.24, 2.45) is 5.41 Å². The van der Waals surface area contributed by atoms with Crippen molar-refractivity contribution in [1.29, 1.82) is 0 Å². The van der Waals surface area contributed by atoms with E-state index in [1.54, 1.807) is 36.5 Å². The molecule has 1 aromatic heterocycles. The van der Waals surface area contributed by atoms with Gasteiger partial charge in [0.25, 0.3) is 0 Å². The van der Waals surface area contributed by atoms with Crippen molar-refractivity contribution in [3.63, 3.8) is 0 Å². The van der Waals surface area contributed by atoms with Crippen LogP contribution >= 0.6 is 0 Å². The number of alkyl halides is 2. The number of ether oxygens (including phenoxy) is 1. The summed E-state index contributed by atoms with van der Waals surface area (Å²) < 4.78 is 54.1. The molecule has 0 bridgehead atoms. The van der Waals surface area contributed by atoms with E-state index in [9.17, 15) is 22.0 Å². The van der Waals surface area contributed by atoms with Gasteiger partial charge in [-0.15, -0.1) is 0 Å². The van der Waals surface area contributed by atoms with Crippen molar-refractivity contribution in [3.05, 3.63) is 60.3 Å². The summed E-state index contributed by atoms with van der Waals surface area (Å²) in [4.78, 5) is 12.6. The fraction of sp³-hybridized carbons (Fsp3) is 0.286. The van der Waals surface area contributed by atoms with E-state index in [-0.39, 0.29) is 29.5 Å². The van der Waals surface area contributed by atoms with Crippen molar-refractivity contribution in [3.8, 4) is 11.4 Å². The Balaban J connectivity index is 1.59. The summed E-state index contributed by atoms with van der Waals surface area (Å²) in [6.07, 6.45) is 1.98. The molecule has 0 atom stereocenters. The highest BCUT2D eigenvalue weighted by atomic mass is 32.2. The number of halogens is 2. The van der Waals surface area contributed by atoms with E-state index < -0.39 is 21.9 Å². The molecule has 4 rings (SSSR count). The average molecular weight is 419 g/mol. The number of fused-ring (bicyclic) bond motifs is 1. The number of rotatable bonds is 6. The standard InChI is InChI=1S/C21H19F2NO4S/c1-21(12-29(26,27)13-21)11-19(25)15-5-6-18-14(9-15)7-8-24(18)16-3-2-4-17(10-16)28-20(22)23/h2-10,20H,11-13H2,1H3. The molecule has 29 heavy (non-hydrogen) atoms. The molecule has 8 heteroatoms. The highest BCUT2D eigenvalue weighted by molar-refractivity contribution is 7.92. The molecule has 1 aliphatic heterocycles. The van der Waals surface area contributed by atoms with Gasteiger partial charge in [-0.3, -0.25) is 4.79 Å². The summed E-state index contributed by atoms with van der Waals surface area (Å²) in [7, 11) is -3.00. The molecule has 152 valence electrons. The van der Waals surface area contributed by atoms with Gasteiger partial charge in [0.1, 0.15) is 5.75 Å². The van der Waals surface area contributed by atoms with Crippen molar-refractivity contribution in [1.82, 2.24) is 4.57 Å². The van der Waals surface area contributed by atoms with Crippen LogP contribution in [0.3, 0.4) is 0 Å². The van der Waals surface area contributed by atoms with Crippen LogP contribution in [-0.4, -0.2) is 36.9 Å². The van der Waals surface area contributed by atoms with Gasteiger partial charge in [-0.25, -0.2) is 8.42 Å². The van der Waals surface area contributed by atoms with Gasteiger partial charge < -0.3 is 9.30 Å². The number of ketones is 1. The topological polar surface area (TPSA) is 65.4 Å². The second-order valence-electron chi connectivity index (χ2n) is 7.78. The normalized spacial score (nSPS) is 17.2. The molecule has 1 aliphatic rings. The third-order valence-electron chi connectivity index (χ3n) is 5.06. The monoisotopic (exact) mass is 419 g/mol. The lowest BCUT2D eigenvalue weighted by Gasteiger charge is -2.37. The van der Waals surface area contributed by atoms with Crippen molar-refractivity contribution >= 4 is 26.5 Å². The lowest BCUT2D eigenvalue weighted by atomic mass is 9.86. The van der Waals surface area contributed by atoms with Crippen molar-refractivity contribution in [2.45, 2.75) is 20.0 Å². The van der Waals surface area contributed by atoms with Gasteiger partial charge in [0.15, 0.2) is 15.6 Å². The van der Waals surface area contributed by atoms with E-state index in [2.05, 4.69) is 4.74 Å². The van der Waals surface area contributed by atoms with E-state index >= 15 is 0 Å². The maximum Gasteiger partial charge on any atom is 0.387 e. The van der Waals surface area contributed by atoms with Gasteiger partial charge >= 0.3 is 6.61 Å². The molecule has 0 unspecified atom stereocenters. The zero-order chi connectivity index (χ0) is 20.8. The number of hydrogen-bond donors (Lipinski definition) is 0. The summed E-state index contributed by atoms with van der Waals surface area (Å²) >= 11 is 0. The fourth-order valence-electron chi connectivity index (χ4n) is 3.96. The first-order valence-corrected chi connectivity index (χ1v) is 10.9. The maximum absolute atomic E-state index is 12.6. The summed E-state index contributed by atoms with van der Waals surface area (Å²) in [6, 6.07) is 13.5. The molecule has 3 aromatic rings. The third-order valence-corrected chi connectivity index (χ3v) is 7.33. The molecular formula is C21H19F2NO4S. The number of nitrogens with zero attached hydrogens (tertiary/aromatic N) is 1. The van der Waals surface area contributed by atoms with Gasteiger partial charge in [0.2, 0.25) is 0 Å². The molecule has 1 fully saturated rings. The molecule has 1 saturated heterocycles. The molecule has 0 saturated carbocycles. The second kappa shape index (κ2) is 6.95. The molecule has 0 spiro atoms. The molecule has 5 nitrogen and oxygen atoms in total. The van der Waals surface area contributed by atoms with Crippen molar-refractivity contribution in [2.75, 3.05) is 11.5 Å². The first kappa shape index (κ1) is 19.6. The SMILES string of the molecule is CC1(CC(=O)c2ccc3c(ccn3-c3cccc(OC(F)F)c3)c2)CS(=O)(=O)C1. The minimum absolute atomic E-state index is 0.0430. The Morgan fingerprint density at radius 2 is 1.93 bits per heavy atom. The Hall–Kier alpha value is -2.74. The Morgan fingerprint density at radius 1 is 1.17 bits per heavy atom. The first-order chi connectivity index (χ1) is 13.6. The number of benzene rings is 2. The molecule has 2 heterocycles. The number of hydrogen-bond acceptors (Lipinski definition) is 4. The van der Waals surface area contributed by atoms with E-state index in [4.69, 9.17) is 0 Å². The summed E-state index contributed by atoms with van der Waals surface area (Å²) in [5, 5.41) is 0.822. The van der Waals surface area contributed by atoms with Crippen LogP contribution in [0.1, 0.15) is 23.7 Å². The highest BCUT2D eigenvalue weighted by Crippen LogP contribution is 2.37. The molecular weight excluding hydrogens is 400 g/mol. The van der Waals surface area contributed by atoms with Gasteiger partial charge in [0, 0.05) is 40.7 Å². The Labute approximate surface area is 166 Å². The van der Waals surface area contributed by atoms with Gasteiger partial charge in [-0.05, 0) is 36.4 Å². The number of Topliss-reactive ketones (excluding diaryl/α,β-unsaturated/α-hetero) is 1. The molecule has 0 aliphatic carbocycles. The van der Waals surface area contributed by atoms with Gasteiger partial charge in [0.05, 0.1) is 17.0 Å². The largest absolute Gasteiger partial charge is 0.435 e. The number of sulfone groups is 1. The number of carbonyl (C=O) groups is 1. The lowest BCUT2D eigenvalue weighted by molar-refractivity contribution is -0.0498. The minimum Gasteiger partial charge on any atom is -0.435 e. The Morgan fingerprint density at radius 3 is 2.62 bits per heavy atom. The molecule has 0 radical (unpaired) electrons. The summed E-state index contributed by atoms with van der Waals surface area (Å²) in [6.45, 7) is -1.08. The van der Waals surface area contributed by atoms with Crippen molar-refractivity contribution < 1.29 is 26.7 Å². The van der Waals surface area contributed by atoms with Crippen LogP contribution in [0.15, 0.2) is 54.7 Å². The molecule has 2 aromatic carbocycles. The van der Waals surface area contributed by atoms with Crippen LogP contribution in [0.2, 0.25) is 0 Å². The smallest absolute Gasteiger partial charge is 0.387 e. The Kier molecular flexibility index (Phi) is 4.69. The molecule has 0 amide bonds. The van der Waals surface area contributed by atoms with Crippen LogP contribution in [0, 0.1) is 5.41 Å². The molecule has 0 N–H and O–H groups in total. The number of aromatic nitrogens is 1. The predicted octanol–water partition coefficient (Wildman–Crippen LogP) is 4.24. The maximum atomic E-state index is 12.6. The minimum atomic E-state index is -3.00. The predicted molar refractivity (Wildman–Crippen MR) is 106 cm³/mol. The summed E-state index contributed by atoms with van der Waals surface area (Å²) in [5.74, 6) is 0.0576. The fourth-order valence-corrected chi connectivity index (χ4v) is 6.21. The van der Waals surface area contributed by atoms with E-state index in [1.165, 1.54) is 12.1 Å². The first-order valence-electron chi connectivity index (χ1n) is 9.04. The van der Waals surface area contributed by atoms with E-state index in [1.807, 2.05) is 17.6 Å². The van der Waals surface area contributed by atoms with Gasteiger partial charge in [-0.2, -0.15) is 8.78 Å². The Bertz CT molecular complexity index is 1190. The van der Waals surface area contributed by atoms with Crippen LogP contribution < -0.4 is 4.74 Å². The summed E-state index contributed by atoms with van der Waals surface area (Å²) in [5.41, 5.74) is 1.50. The van der Waals surface area contributed by atoms with Crippen LogP contribution in [0.25, 0.3) is 16.6 Å². The zero-order valence-corrected chi connectivity index (χ0v) is 16.5. The third kappa shape index (κ3) is 4.03. The van der Waals surface area contributed by atoms with Gasteiger partial charge in [-0.1, -0.05) is 13.0 Å². The van der Waals surface area contributed by atoms with Crippen LogP contribution in [-0.2, 0) is 9.84 Å². The zero-order valence-electron chi connectivity index (χ0n) is 15.6. The van der Waals surface area contributed by atoms with E-state index in [0.29, 0.717) is 11.3 Å². The lowest BCUT2D eigenvalue weighted by Crippen LogP contribution is -2.47. The number of carbonyl (C=O) groups excluding carboxylic acids is 1. The van der Waals surface area contributed by atoms with Crippen LogP contribution in [0.4, 0.5) is 8.78 Å². The quantitative estimate of drug-likeness (QED) is 0.561. The second-order valence-corrected chi connectivity index (χ2v) is 9.84. The average Bonchev–Trinajstić information content (AvgIpc) is 3.02. The van der Waals surface area contributed by atoms with E-state index in [0.717, 1.165) is 10.9 Å². The van der Waals surface area contributed by atoms with Crippen LogP contribution in [0.5, 0.6) is 5.75 Å².